The second-order valence-electron chi connectivity index (χ2n) is 19.5. The maximum atomic E-state index is 2.50. The highest BCUT2D eigenvalue weighted by molar-refractivity contribution is 6.15. The lowest BCUT2D eigenvalue weighted by atomic mass is 9.55. The Kier molecular flexibility index (Phi) is 10.3. The van der Waals surface area contributed by atoms with Crippen molar-refractivity contribution >= 4 is 44.9 Å². The number of hydrogen-bond acceptors (Lipinski definition) is 2. The summed E-state index contributed by atoms with van der Waals surface area (Å²) in [7, 11) is 0. The van der Waals surface area contributed by atoms with Gasteiger partial charge in [0, 0.05) is 34.1 Å². The molecule has 0 aromatic heterocycles. The summed E-state index contributed by atoms with van der Waals surface area (Å²) in [6.45, 7) is 0. The molecule has 0 radical (unpaired) electrons. The zero-order chi connectivity index (χ0) is 49.1. The summed E-state index contributed by atoms with van der Waals surface area (Å²) >= 11 is 0. The van der Waals surface area contributed by atoms with Crippen LogP contribution in [-0.4, -0.2) is 0 Å². The molecule has 2 heteroatoms. The first-order valence-corrected chi connectivity index (χ1v) is 25.7. The number of benzene rings is 12. The fourth-order valence-electron chi connectivity index (χ4n) is 12.8. The van der Waals surface area contributed by atoms with Crippen LogP contribution in [0.2, 0.25) is 0 Å². The Hall–Kier alpha value is -9.50. The van der Waals surface area contributed by atoms with Gasteiger partial charge < -0.3 is 9.80 Å². The molecule has 0 unspecified atom stereocenters. The van der Waals surface area contributed by atoms with Crippen molar-refractivity contribution in [1.82, 2.24) is 0 Å². The lowest BCUT2D eigenvalue weighted by Crippen LogP contribution is -2.37. The molecule has 12 aromatic rings. The summed E-state index contributed by atoms with van der Waals surface area (Å²) in [6, 6.07) is 112. The van der Waals surface area contributed by atoms with Crippen molar-refractivity contribution in [2.75, 3.05) is 9.80 Å². The number of nitrogens with zero attached hydrogens (tertiary/aromatic N) is 2. The molecule has 2 nitrogen and oxygen atoms in total. The Labute approximate surface area is 433 Å². The third-order valence-electron chi connectivity index (χ3n) is 15.8. The van der Waals surface area contributed by atoms with Crippen molar-refractivity contribution in [3.63, 3.8) is 0 Å². The lowest BCUT2D eigenvalue weighted by molar-refractivity contribution is 0.735. The van der Waals surface area contributed by atoms with Crippen LogP contribution < -0.4 is 9.80 Å². The van der Waals surface area contributed by atoms with Crippen LogP contribution in [0.4, 0.5) is 34.1 Å². The third-order valence-corrected chi connectivity index (χ3v) is 15.8. The third kappa shape index (κ3) is 6.51. The van der Waals surface area contributed by atoms with E-state index in [1.54, 1.807) is 0 Å². The predicted octanol–water partition coefficient (Wildman–Crippen LogP) is 18.5. The van der Waals surface area contributed by atoms with Gasteiger partial charge in [-0.05, 0) is 150 Å². The maximum absolute atomic E-state index is 2.50. The van der Waals surface area contributed by atoms with Crippen LogP contribution in [0.25, 0.3) is 33.0 Å². The average Bonchev–Trinajstić information content (AvgIpc) is 3.50. The molecule has 348 valence electrons. The van der Waals surface area contributed by atoms with Gasteiger partial charge in [0.1, 0.15) is 0 Å². The second-order valence-corrected chi connectivity index (χ2v) is 19.5. The quantitative estimate of drug-likeness (QED) is 0.135. The van der Waals surface area contributed by atoms with E-state index >= 15 is 0 Å². The zero-order valence-corrected chi connectivity index (χ0v) is 40.8. The van der Waals surface area contributed by atoms with E-state index in [2.05, 4.69) is 313 Å². The van der Waals surface area contributed by atoms with E-state index in [0.29, 0.717) is 0 Å². The fraction of sp³-hybridized carbons (Fsp3) is 0.0278. The van der Waals surface area contributed by atoms with Gasteiger partial charge in [0.25, 0.3) is 0 Å². The van der Waals surface area contributed by atoms with Crippen LogP contribution in [0, 0.1) is 0 Å². The summed E-state index contributed by atoms with van der Waals surface area (Å²) in [5.41, 5.74) is 20.1. The normalized spacial score (nSPS) is 13.4. The molecule has 2 aliphatic carbocycles. The number of para-hydroxylation sites is 4. The lowest BCUT2D eigenvalue weighted by Gasteiger charge is -2.46. The van der Waals surface area contributed by atoms with Crippen molar-refractivity contribution in [1.29, 1.82) is 0 Å². The highest BCUT2D eigenvalue weighted by Crippen LogP contribution is 2.62. The van der Waals surface area contributed by atoms with Gasteiger partial charge in [-0.25, -0.2) is 0 Å². The summed E-state index contributed by atoms with van der Waals surface area (Å²) in [6.07, 6.45) is 0. The molecular weight excluding hydrogens is 893 g/mol. The summed E-state index contributed by atoms with van der Waals surface area (Å²) in [4.78, 5) is 4.79. The van der Waals surface area contributed by atoms with E-state index in [4.69, 9.17) is 0 Å². The molecule has 0 aliphatic heterocycles. The maximum Gasteiger partial charge on any atom is 0.0714 e. The van der Waals surface area contributed by atoms with Crippen LogP contribution in [-0.2, 0) is 10.8 Å². The minimum Gasteiger partial charge on any atom is -0.310 e. The SMILES string of the molecule is c1ccc(N(c2ccccc2)c2ccc3c(c2)C(c2ccccc2)(c2ccccc2)c2ccc4c5c(ccc-3c25)-c2ccc(N(c3ccccc3)c3ccccc3)cc2C4(c2ccccc2)c2ccccc2)cc1. The first-order chi connectivity index (χ1) is 36.7. The van der Waals surface area contributed by atoms with Crippen LogP contribution in [0.1, 0.15) is 44.5 Å². The summed E-state index contributed by atoms with van der Waals surface area (Å²) < 4.78 is 0. The van der Waals surface area contributed by atoms with Crippen LogP contribution in [0.15, 0.2) is 303 Å². The fourth-order valence-corrected chi connectivity index (χ4v) is 12.8. The first-order valence-electron chi connectivity index (χ1n) is 25.7. The van der Waals surface area contributed by atoms with Crippen LogP contribution in [0.5, 0.6) is 0 Å². The summed E-state index contributed by atoms with van der Waals surface area (Å²) in [5.74, 6) is 0. The largest absolute Gasteiger partial charge is 0.310 e. The van der Waals surface area contributed by atoms with Gasteiger partial charge in [-0.3, -0.25) is 0 Å². The van der Waals surface area contributed by atoms with Crippen molar-refractivity contribution in [3.8, 4) is 22.3 Å². The number of hydrogen-bond donors (Lipinski definition) is 0. The average molecular weight is 943 g/mol. The van der Waals surface area contributed by atoms with Gasteiger partial charge in [-0.15, -0.1) is 0 Å². The van der Waals surface area contributed by atoms with Crippen molar-refractivity contribution < 1.29 is 0 Å². The molecule has 0 saturated carbocycles. The molecule has 0 fully saturated rings. The molecule has 2 aliphatic rings. The molecule has 0 N–H and O–H groups in total. The Bertz CT molecular complexity index is 3550. The van der Waals surface area contributed by atoms with E-state index in [9.17, 15) is 0 Å². The molecule has 0 heterocycles. The van der Waals surface area contributed by atoms with E-state index in [1.807, 2.05) is 0 Å². The van der Waals surface area contributed by atoms with E-state index in [-0.39, 0.29) is 0 Å². The highest BCUT2D eigenvalue weighted by atomic mass is 15.1. The first kappa shape index (κ1) is 43.3. The predicted molar refractivity (Wildman–Crippen MR) is 308 cm³/mol. The van der Waals surface area contributed by atoms with Gasteiger partial charge in [0.05, 0.1) is 10.8 Å². The standard InChI is InChI=1S/C72H50N2/c1-9-25-51(26-10-1)71(52-27-11-2-12-28-52)65-47-48-66-70-64(46-45-63(69(65)70)61-43-41-59(49-67(61)71)73(55-33-17-5-18-34-55)56-35-19-6-20-36-56)62-44-42-60(74(57-37-21-7-22-38-57)58-39-23-8-24-40-58)50-68(62)72(66,53-29-13-3-14-30-53)54-31-15-4-16-32-54/h1-50H. The van der Waals surface area contributed by atoms with Crippen molar-refractivity contribution in [2.24, 2.45) is 0 Å². The van der Waals surface area contributed by atoms with Gasteiger partial charge in [0.15, 0.2) is 0 Å². The molecule has 0 saturated heterocycles. The molecular formula is C72H50N2. The van der Waals surface area contributed by atoms with Gasteiger partial charge in [0.2, 0.25) is 0 Å². The Morgan fingerprint density at radius 2 is 0.432 bits per heavy atom. The van der Waals surface area contributed by atoms with E-state index < -0.39 is 10.8 Å². The van der Waals surface area contributed by atoms with Crippen molar-refractivity contribution in [3.05, 3.63) is 348 Å². The number of anilines is 6. The monoisotopic (exact) mass is 942 g/mol. The number of fused-ring (bicyclic) bond motifs is 4. The Balaban J connectivity index is 1.12. The summed E-state index contributed by atoms with van der Waals surface area (Å²) in [5, 5.41) is 2.58. The Morgan fingerprint density at radius 3 is 0.703 bits per heavy atom. The van der Waals surface area contributed by atoms with Gasteiger partial charge in [-0.2, -0.15) is 0 Å². The van der Waals surface area contributed by atoms with Gasteiger partial charge in [-0.1, -0.05) is 231 Å². The minimum absolute atomic E-state index is 0.713. The molecule has 0 amide bonds. The van der Waals surface area contributed by atoms with Crippen molar-refractivity contribution in [2.45, 2.75) is 10.8 Å². The number of rotatable bonds is 10. The van der Waals surface area contributed by atoms with E-state index in [1.165, 1.54) is 77.5 Å². The second kappa shape index (κ2) is 17.7. The van der Waals surface area contributed by atoms with Crippen LogP contribution in [0.3, 0.4) is 0 Å². The molecule has 74 heavy (non-hydrogen) atoms. The topological polar surface area (TPSA) is 6.48 Å². The van der Waals surface area contributed by atoms with E-state index in [0.717, 1.165) is 34.1 Å². The molecule has 12 aromatic carbocycles. The molecule has 0 bridgehead atoms. The van der Waals surface area contributed by atoms with Crippen LogP contribution >= 0.6 is 0 Å². The molecule has 0 atom stereocenters. The zero-order valence-electron chi connectivity index (χ0n) is 40.8. The minimum atomic E-state index is -0.713. The smallest absolute Gasteiger partial charge is 0.0714 e. The van der Waals surface area contributed by atoms with Gasteiger partial charge >= 0.3 is 0 Å². The molecule has 14 rings (SSSR count). The highest BCUT2D eigenvalue weighted by Gasteiger charge is 2.49. The molecule has 0 spiro atoms. The Morgan fingerprint density at radius 1 is 0.189 bits per heavy atom.